The van der Waals surface area contributed by atoms with Gasteiger partial charge in [0.15, 0.2) is 0 Å². The normalized spacial score (nSPS) is 14.0. The van der Waals surface area contributed by atoms with Crippen LogP contribution in [-0.4, -0.2) is 78.3 Å². The van der Waals surface area contributed by atoms with Gasteiger partial charge in [0.2, 0.25) is 11.7 Å². The monoisotopic (exact) mass is 649 g/mol. The molecular formula is C32H30F3N7O5. The Morgan fingerprint density at radius 3 is 2.23 bits per heavy atom. The molecule has 0 saturated carbocycles. The van der Waals surface area contributed by atoms with Crippen LogP contribution in [-0.2, 0) is 18.0 Å². The van der Waals surface area contributed by atoms with Gasteiger partial charge in [0.1, 0.15) is 22.7 Å². The predicted octanol–water partition coefficient (Wildman–Crippen LogP) is 6.19. The average molecular weight is 650 g/mol. The molecule has 0 spiro atoms. The first kappa shape index (κ1) is 31.5. The van der Waals surface area contributed by atoms with Crippen LogP contribution in [0.2, 0.25) is 0 Å². The standard InChI is InChI=1S/C32H30F3N7O5/c1-31(2,3)46-30(44)42-13-11-41(12-14-42)29(43)25-15-20-7-10-22(16-24(20)40(25)4)45-26-18-36-23(17-37-26)28-38-27(39-47-28)19-5-8-21(9-6-19)32(33,34)35/h5-10,15-18H,11-14H2,1-4H3. The number of carbonyl (C=O) groups excluding carboxylic acids is 2. The Balaban J connectivity index is 1.10. The van der Waals surface area contributed by atoms with Gasteiger partial charge in [0.05, 0.1) is 23.5 Å². The number of hydrogen-bond donors (Lipinski definition) is 0. The molecule has 3 aromatic heterocycles. The summed E-state index contributed by atoms with van der Waals surface area (Å²) in [5, 5.41) is 4.68. The van der Waals surface area contributed by atoms with Crippen LogP contribution in [0.3, 0.4) is 0 Å². The highest BCUT2D eigenvalue weighted by molar-refractivity contribution is 5.99. The second-order valence-electron chi connectivity index (χ2n) is 11.9. The molecule has 6 rings (SSSR count). The number of fused-ring (bicyclic) bond motifs is 1. The molecule has 1 fully saturated rings. The van der Waals surface area contributed by atoms with E-state index in [4.69, 9.17) is 14.0 Å². The second-order valence-corrected chi connectivity index (χ2v) is 11.9. The molecule has 12 nitrogen and oxygen atoms in total. The summed E-state index contributed by atoms with van der Waals surface area (Å²) in [4.78, 5) is 41.9. The fourth-order valence-electron chi connectivity index (χ4n) is 5.01. The van der Waals surface area contributed by atoms with E-state index in [-0.39, 0.29) is 35.3 Å². The fraction of sp³-hybridized carbons (Fsp3) is 0.312. The quantitative estimate of drug-likeness (QED) is 0.219. The van der Waals surface area contributed by atoms with Crippen molar-refractivity contribution in [2.75, 3.05) is 26.2 Å². The highest BCUT2D eigenvalue weighted by Crippen LogP contribution is 2.31. The average Bonchev–Trinajstić information content (AvgIpc) is 3.65. The molecular weight excluding hydrogens is 619 g/mol. The molecule has 2 aromatic carbocycles. The minimum Gasteiger partial charge on any atom is -0.444 e. The molecule has 1 saturated heterocycles. The molecule has 0 bridgehead atoms. The van der Waals surface area contributed by atoms with Gasteiger partial charge in [-0.25, -0.2) is 14.8 Å². The molecule has 1 aliphatic heterocycles. The van der Waals surface area contributed by atoms with Crippen molar-refractivity contribution in [3.05, 3.63) is 72.2 Å². The Bertz CT molecular complexity index is 1920. The van der Waals surface area contributed by atoms with Crippen LogP contribution in [0.5, 0.6) is 11.6 Å². The van der Waals surface area contributed by atoms with Crippen molar-refractivity contribution in [2.45, 2.75) is 32.5 Å². The Kier molecular flexibility index (Phi) is 8.07. The molecule has 0 radical (unpaired) electrons. The number of amides is 2. The number of alkyl halides is 3. The third-order valence-electron chi connectivity index (χ3n) is 7.42. The lowest BCUT2D eigenvalue weighted by molar-refractivity contribution is -0.137. The van der Waals surface area contributed by atoms with Crippen LogP contribution in [0.15, 0.2) is 65.4 Å². The van der Waals surface area contributed by atoms with Gasteiger partial charge in [-0.2, -0.15) is 18.2 Å². The first-order valence-electron chi connectivity index (χ1n) is 14.6. The van der Waals surface area contributed by atoms with E-state index in [9.17, 15) is 22.8 Å². The Labute approximate surface area is 266 Å². The van der Waals surface area contributed by atoms with Crippen molar-refractivity contribution in [3.63, 3.8) is 0 Å². The molecule has 47 heavy (non-hydrogen) atoms. The van der Waals surface area contributed by atoms with Crippen LogP contribution in [0.25, 0.3) is 33.9 Å². The number of hydrogen-bond acceptors (Lipinski definition) is 9. The smallest absolute Gasteiger partial charge is 0.416 e. The maximum Gasteiger partial charge on any atom is 0.416 e. The summed E-state index contributed by atoms with van der Waals surface area (Å²) < 4.78 is 57.0. The summed E-state index contributed by atoms with van der Waals surface area (Å²) in [6.45, 7) is 7.00. The van der Waals surface area contributed by atoms with Gasteiger partial charge >= 0.3 is 12.3 Å². The van der Waals surface area contributed by atoms with Crippen LogP contribution >= 0.6 is 0 Å². The lowest BCUT2D eigenvalue weighted by atomic mass is 10.1. The van der Waals surface area contributed by atoms with E-state index >= 15 is 0 Å². The van der Waals surface area contributed by atoms with Crippen molar-refractivity contribution >= 4 is 22.9 Å². The van der Waals surface area contributed by atoms with E-state index in [1.54, 1.807) is 33.5 Å². The van der Waals surface area contributed by atoms with Gasteiger partial charge in [0.25, 0.3) is 11.8 Å². The maximum absolute atomic E-state index is 13.4. The van der Waals surface area contributed by atoms with Crippen molar-refractivity contribution in [3.8, 4) is 34.6 Å². The van der Waals surface area contributed by atoms with Gasteiger partial charge in [-0.1, -0.05) is 17.3 Å². The van der Waals surface area contributed by atoms with Gasteiger partial charge in [-0.15, -0.1) is 0 Å². The van der Waals surface area contributed by atoms with E-state index in [1.807, 2.05) is 32.9 Å². The van der Waals surface area contributed by atoms with Crippen LogP contribution < -0.4 is 4.74 Å². The Hall–Kier alpha value is -5.47. The van der Waals surface area contributed by atoms with Crippen LogP contribution in [0.1, 0.15) is 36.8 Å². The highest BCUT2D eigenvalue weighted by atomic mass is 19.4. The summed E-state index contributed by atoms with van der Waals surface area (Å²) in [7, 11) is 1.80. The van der Waals surface area contributed by atoms with Crippen molar-refractivity contribution in [1.29, 1.82) is 0 Å². The molecule has 5 aromatic rings. The highest BCUT2D eigenvalue weighted by Gasteiger charge is 2.31. The molecule has 4 heterocycles. The van der Waals surface area contributed by atoms with Crippen molar-refractivity contribution < 1.29 is 36.8 Å². The van der Waals surface area contributed by atoms with Crippen molar-refractivity contribution in [1.82, 2.24) is 34.5 Å². The van der Waals surface area contributed by atoms with E-state index in [0.717, 1.165) is 23.0 Å². The van der Waals surface area contributed by atoms with E-state index in [1.165, 1.54) is 24.5 Å². The fourth-order valence-corrected chi connectivity index (χ4v) is 5.01. The third kappa shape index (κ3) is 6.88. The van der Waals surface area contributed by atoms with Gasteiger partial charge < -0.3 is 28.4 Å². The SMILES string of the molecule is Cn1c(C(=O)N2CCN(C(=O)OC(C)(C)C)CC2)cc2ccc(Oc3cnc(-c4nc(-c5ccc(C(F)(F)F)cc5)no4)cn3)cc21. The molecule has 0 atom stereocenters. The summed E-state index contributed by atoms with van der Waals surface area (Å²) >= 11 is 0. The first-order valence-corrected chi connectivity index (χ1v) is 14.6. The van der Waals surface area contributed by atoms with Crippen molar-refractivity contribution in [2.24, 2.45) is 7.05 Å². The molecule has 1 aliphatic rings. The zero-order valence-corrected chi connectivity index (χ0v) is 25.9. The molecule has 15 heteroatoms. The van der Waals surface area contributed by atoms with Gasteiger partial charge in [-0.05, 0) is 51.1 Å². The lowest BCUT2D eigenvalue weighted by Gasteiger charge is -2.35. The summed E-state index contributed by atoms with van der Waals surface area (Å²) in [6.07, 6.45) is -2.09. The lowest BCUT2D eigenvalue weighted by Crippen LogP contribution is -2.51. The number of piperazine rings is 1. The molecule has 0 N–H and O–H groups in total. The second kappa shape index (κ2) is 12.0. The number of ether oxygens (including phenoxy) is 2. The molecule has 244 valence electrons. The molecule has 0 unspecified atom stereocenters. The summed E-state index contributed by atoms with van der Waals surface area (Å²) in [5.74, 6) is 0.649. The number of aryl methyl sites for hydroxylation is 1. The van der Waals surface area contributed by atoms with Crippen LogP contribution in [0.4, 0.5) is 18.0 Å². The first-order chi connectivity index (χ1) is 22.2. The summed E-state index contributed by atoms with van der Waals surface area (Å²) in [5.41, 5.74) is 0.498. The topological polar surface area (TPSA) is 129 Å². The number of aromatic nitrogens is 5. The minimum absolute atomic E-state index is 0.0348. The summed E-state index contributed by atoms with van der Waals surface area (Å²) in [6, 6.07) is 11.6. The van der Waals surface area contributed by atoms with E-state index in [0.29, 0.717) is 43.2 Å². The van der Waals surface area contributed by atoms with E-state index in [2.05, 4.69) is 20.1 Å². The van der Waals surface area contributed by atoms with Crippen LogP contribution in [0, 0.1) is 0 Å². The third-order valence-corrected chi connectivity index (χ3v) is 7.42. The number of halogens is 3. The van der Waals surface area contributed by atoms with E-state index < -0.39 is 17.3 Å². The van der Waals surface area contributed by atoms with Gasteiger partial charge in [0, 0.05) is 50.2 Å². The number of benzene rings is 2. The Morgan fingerprint density at radius 2 is 1.60 bits per heavy atom. The molecule has 0 aliphatic carbocycles. The largest absolute Gasteiger partial charge is 0.444 e. The zero-order valence-electron chi connectivity index (χ0n) is 25.9. The maximum atomic E-state index is 13.4. The number of nitrogens with zero attached hydrogens (tertiary/aromatic N) is 7. The predicted molar refractivity (Wildman–Crippen MR) is 162 cm³/mol. The number of carbonyl (C=O) groups is 2. The minimum atomic E-state index is -4.45. The van der Waals surface area contributed by atoms with Gasteiger partial charge in [-0.3, -0.25) is 4.79 Å². The Morgan fingerprint density at radius 1 is 0.894 bits per heavy atom. The zero-order chi connectivity index (χ0) is 33.5. The molecule has 2 amide bonds. The number of rotatable bonds is 5.